The molecule has 1 aliphatic heterocycles. The molecule has 0 bridgehead atoms. The Labute approximate surface area is 167 Å². The Balaban J connectivity index is 1.38. The average molecular weight is 396 g/mol. The van der Waals surface area contributed by atoms with E-state index < -0.39 is 0 Å². The number of carbonyl (C=O) groups excluding carboxylic acids is 2. The van der Waals surface area contributed by atoms with E-state index in [-0.39, 0.29) is 17.6 Å². The van der Waals surface area contributed by atoms with Crippen LogP contribution in [0.2, 0.25) is 5.02 Å². The largest absolute Gasteiger partial charge is 0.350 e. The van der Waals surface area contributed by atoms with Crippen LogP contribution in [0.4, 0.5) is 0 Å². The van der Waals surface area contributed by atoms with E-state index in [4.69, 9.17) is 16.1 Å². The lowest BCUT2D eigenvalue weighted by atomic mass is 10.1. The van der Waals surface area contributed by atoms with Gasteiger partial charge in [0.1, 0.15) is 5.69 Å². The summed E-state index contributed by atoms with van der Waals surface area (Å²) in [6, 6.07) is 18.0. The highest BCUT2D eigenvalue weighted by Gasteiger charge is 2.27. The standard InChI is InChI=1S/C21H18ClN3O3/c22-17-8-6-16(7-9-17)20(26)24-10-12-25(13-11-24)21(27)19-14-18(23-28-19)15-4-2-1-3-5-15/h1-9,14H,10-13H2. The van der Waals surface area contributed by atoms with E-state index in [2.05, 4.69) is 5.16 Å². The number of hydrogen-bond acceptors (Lipinski definition) is 4. The van der Waals surface area contributed by atoms with Crippen LogP contribution in [0.5, 0.6) is 0 Å². The second-order valence-electron chi connectivity index (χ2n) is 6.53. The Morgan fingerprint density at radius 2 is 1.46 bits per heavy atom. The van der Waals surface area contributed by atoms with Crippen molar-refractivity contribution in [2.24, 2.45) is 0 Å². The first kappa shape index (κ1) is 18.3. The summed E-state index contributed by atoms with van der Waals surface area (Å²) in [5.41, 5.74) is 2.11. The third-order valence-electron chi connectivity index (χ3n) is 4.74. The number of aromatic nitrogens is 1. The SMILES string of the molecule is O=C(c1ccc(Cl)cc1)N1CCN(C(=O)c2cc(-c3ccccc3)no2)CC1. The van der Waals surface area contributed by atoms with Crippen LogP contribution in [-0.4, -0.2) is 52.9 Å². The van der Waals surface area contributed by atoms with Crippen LogP contribution in [-0.2, 0) is 0 Å². The van der Waals surface area contributed by atoms with Gasteiger partial charge in [0.2, 0.25) is 5.76 Å². The molecule has 142 valence electrons. The molecule has 0 N–H and O–H groups in total. The molecule has 0 aliphatic carbocycles. The van der Waals surface area contributed by atoms with E-state index in [0.29, 0.717) is 42.5 Å². The summed E-state index contributed by atoms with van der Waals surface area (Å²) < 4.78 is 5.25. The van der Waals surface area contributed by atoms with Crippen LogP contribution in [0.1, 0.15) is 20.9 Å². The Morgan fingerprint density at radius 1 is 0.857 bits per heavy atom. The first-order valence-electron chi connectivity index (χ1n) is 8.98. The van der Waals surface area contributed by atoms with Gasteiger partial charge in [0.05, 0.1) is 0 Å². The third kappa shape index (κ3) is 3.77. The van der Waals surface area contributed by atoms with Gasteiger partial charge in [-0.25, -0.2) is 0 Å². The minimum Gasteiger partial charge on any atom is -0.350 e. The van der Waals surface area contributed by atoms with Gasteiger partial charge in [-0.15, -0.1) is 0 Å². The molecule has 6 nitrogen and oxygen atoms in total. The van der Waals surface area contributed by atoms with Crippen molar-refractivity contribution in [2.75, 3.05) is 26.2 Å². The number of benzene rings is 2. The smallest absolute Gasteiger partial charge is 0.292 e. The number of nitrogens with zero attached hydrogens (tertiary/aromatic N) is 3. The average Bonchev–Trinajstić information content (AvgIpc) is 3.24. The molecule has 1 aliphatic rings. The summed E-state index contributed by atoms with van der Waals surface area (Å²) >= 11 is 5.87. The molecular formula is C21H18ClN3O3. The lowest BCUT2D eigenvalue weighted by molar-refractivity contribution is 0.0513. The summed E-state index contributed by atoms with van der Waals surface area (Å²) in [6.07, 6.45) is 0. The van der Waals surface area contributed by atoms with E-state index in [1.54, 1.807) is 40.1 Å². The Kier molecular flexibility index (Phi) is 5.12. The molecule has 0 spiro atoms. The predicted molar refractivity (Wildman–Crippen MR) is 105 cm³/mol. The van der Waals surface area contributed by atoms with Crippen molar-refractivity contribution >= 4 is 23.4 Å². The summed E-state index contributed by atoms with van der Waals surface area (Å²) in [7, 11) is 0. The Hall–Kier alpha value is -3.12. The molecule has 2 aromatic carbocycles. The second kappa shape index (κ2) is 7.86. The van der Waals surface area contributed by atoms with Gasteiger partial charge in [-0.2, -0.15) is 0 Å². The molecule has 4 rings (SSSR count). The van der Waals surface area contributed by atoms with Crippen LogP contribution >= 0.6 is 11.6 Å². The third-order valence-corrected chi connectivity index (χ3v) is 4.99. The highest BCUT2D eigenvalue weighted by molar-refractivity contribution is 6.30. The van der Waals surface area contributed by atoms with Crippen molar-refractivity contribution < 1.29 is 14.1 Å². The van der Waals surface area contributed by atoms with Crippen LogP contribution in [0, 0.1) is 0 Å². The molecule has 2 amide bonds. The van der Waals surface area contributed by atoms with Crippen molar-refractivity contribution in [3.63, 3.8) is 0 Å². The van der Waals surface area contributed by atoms with E-state index in [1.165, 1.54) is 0 Å². The highest BCUT2D eigenvalue weighted by atomic mass is 35.5. The van der Waals surface area contributed by atoms with E-state index in [9.17, 15) is 9.59 Å². The van der Waals surface area contributed by atoms with Gasteiger partial charge in [-0.1, -0.05) is 47.1 Å². The second-order valence-corrected chi connectivity index (χ2v) is 6.97. The van der Waals surface area contributed by atoms with Crippen LogP contribution in [0.25, 0.3) is 11.3 Å². The normalized spacial score (nSPS) is 14.2. The monoisotopic (exact) mass is 395 g/mol. The zero-order chi connectivity index (χ0) is 19.5. The quantitative estimate of drug-likeness (QED) is 0.679. The van der Waals surface area contributed by atoms with Gasteiger partial charge in [0.25, 0.3) is 11.8 Å². The fraction of sp³-hybridized carbons (Fsp3) is 0.190. The van der Waals surface area contributed by atoms with E-state index >= 15 is 0 Å². The summed E-state index contributed by atoms with van der Waals surface area (Å²) in [6.45, 7) is 1.82. The van der Waals surface area contributed by atoms with Gasteiger partial charge in [-0.3, -0.25) is 9.59 Å². The molecule has 0 atom stereocenters. The summed E-state index contributed by atoms with van der Waals surface area (Å²) in [5.74, 6) is -0.0700. The first-order chi connectivity index (χ1) is 13.6. The van der Waals surface area contributed by atoms with Crippen LogP contribution in [0.15, 0.2) is 65.2 Å². The molecule has 3 aromatic rings. The molecule has 1 saturated heterocycles. The van der Waals surface area contributed by atoms with Crippen molar-refractivity contribution in [1.82, 2.24) is 15.0 Å². The predicted octanol–water partition coefficient (Wildman–Crippen LogP) is 3.59. The van der Waals surface area contributed by atoms with E-state index in [1.807, 2.05) is 30.3 Å². The maximum atomic E-state index is 12.7. The van der Waals surface area contributed by atoms with Crippen molar-refractivity contribution in [1.29, 1.82) is 0 Å². The van der Waals surface area contributed by atoms with Crippen molar-refractivity contribution in [3.05, 3.63) is 77.0 Å². The number of piperazine rings is 1. The molecular weight excluding hydrogens is 378 g/mol. The maximum absolute atomic E-state index is 12.7. The number of hydrogen-bond donors (Lipinski definition) is 0. The van der Waals surface area contributed by atoms with Crippen LogP contribution < -0.4 is 0 Å². The first-order valence-corrected chi connectivity index (χ1v) is 9.36. The highest BCUT2D eigenvalue weighted by Crippen LogP contribution is 2.20. The lowest BCUT2D eigenvalue weighted by Gasteiger charge is -2.34. The van der Waals surface area contributed by atoms with Gasteiger partial charge in [0.15, 0.2) is 0 Å². The topological polar surface area (TPSA) is 66.7 Å². The zero-order valence-electron chi connectivity index (χ0n) is 15.0. The molecule has 1 fully saturated rings. The Bertz CT molecular complexity index is 978. The number of halogens is 1. The molecule has 7 heteroatoms. The van der Waals surface area contributed by atoms with Crippen molar-refractivity contribution in [2.45, 2.75) is 0 Å². The fourth-order valence-corrected chi connectivity index (χ4v) is 3.29. The molecule has 1 aromatic heterocycles. The zero-order valence-corrected chi connectivity index (χ0v) is 15.8. The minimum atomic E-state index is -0.215. The number of amides is 2. The molecule has 0 radical (unpaired) electrons. The summed E-state index contributed by atoms with van der Waals surface area (Å²) in [5, 5.41) is 4.59. The van der Waals surface area contributed by atoms with Crippen LogP contribution in [0.3, 0.4) is 0 Å². The minimum absolute atomic E-state index is 0.0604. The van der Waals surface area contributed by atoms with Gasteiger partial charge >= 0.3 is 0 Å². The molecule has 28 heavy (non-hydrogen) atoms. The molecule has 2 heterocycles. The van der Waals surface area contributed by atoms with Gasteiger partial charge < -0.3 is 14.3 Å². The number of rotatable bonds is 3. The number of carbonyl (C=O) groups is 2. The maximum Gasteiger partial charge on any atom is 0.292 e. The van der Waals surface area contributed by atoms with Gasteiger partial charge in [0, 0.05) is 48.4 Å². The van der Waals surface area contributed by atoms with E-state index in [0.717, 1.165) is 5.56 Å². The van der Waals surface area contributed by atoms with Crippen molar-refractivity contribution in [3.8, 4) is 11.3 Å². The fourth-order valence-electron chi connectivity index (χ4n) is 3.16. The molecule has 0 unspecified atom stereocenters. The summed E-state index contributed by atoms with van der Waals surface area (Å²) in [4.78, 5) is 28.7. The molecule has 0 saturated carbocycles. The van der Waals surface area contributed by atoms with Gasteiger partial charge in [-0.05, 0) is 24.3 Å². The Morgan fingerprint density at radius 3 is 2.11 bits per heavy atom. The lowest BCUT2D eigenvalue weighted by Crippen LogP contribution is -2.50.